The van der Waals surface area contributed by atoms with Gasteiger partial charge >= 0.3 is 0 Å². The van der Waals surface area contributed by atoms with E-state index in [0.29, 0.717) is 22.6 Å². The molecule has 28 heavy (non-hydrogen) atoms. The smallest absolute Gasteiger partial charge is 0.261 e. The Morgan fingerprint density at radius 1 is 0.929 bits per heavy atom. The third kappa shape index (κ3) is 2.72. The third-order valence-corrected chi connectivity index (χ3v) is 4.86. The number of aromatic amines is 2. The summed E-state index contributed by atoms with van der Waals surface area (Å²) < 4.78 is 0. The number of benzene rings is 2. The second-order valence-corrected chi connectivity index (χ2v) is 6.72. The number of aromatic nitrogens is 4. The van der Waals surface area contributed by atoms with Crippen molar-refractivity contribution in [2.45, 2.75) is 6.42 Å². The summed E-state index contributed by atoms with van der Waals surface area (Å²) in [4.78, 5) is 27.7. The number of hydrogen-bond acceptors (Lipinski definition) is 4. The Morgan fingerprint density at radius 2 is 1.79 bits per heavy atom. The molecule has 0 aliphatic heterocycles. The molecule has 0 spiro atoms. The van der Waals surface area contributed by atoms with E-state index < -0.39 is 0 Å². The van der Waals surface area contributed by atoms with E-state index in [1.807, 2.05) is 60.7 Å². The van der Waals surface area contributed by atoms with Crippen LogP contribution in [0.1, 0.15) is 11.3 Å². The van der Waals surface area contributed by atoms with Crippen molar-refractivity contribution in [1.29, 1.82) is 0 Å². The maximum atomic E-state index is 12.6. The lowest BCUT2D eigenvalue weighted by Gasteiger charge is -2.06. The molecule has 5 rings (SSSR count). The highest BCUT2D eigenvalue weighted by molar-refractivity contribution is 5.97. The van der Waals surface area contributed by atoms with Gasteiger partial charge in [-0.1, -0.05) is 30.3 Å². The Labute approximate surface area is 160 Å². The molecule has 0 saturated heterocycles. The van der Waals surface area contributed by atoms with Gasteiger partial charge in [0.15, 0.2) is 0 Å². The molecule has 6 heteroatoms. The molecular formula is C22H17N5O. The Hall–Kier alpha value is -3.93. The highest BCUT2D eigenvalue weighted by Gasteiger charge is 2.16. The summed E-state index contributed by atoms with van der Waals surface area (Å²) >= 11 is 0. The lowest BCUT2D eigenvalue weighted by Crippen LogP contribution is -2.13. The number of nitrogens with two attached hydrogens (primary N) is 1. The fourth-order valence-electron chi connectivity index (χ4n) is 3.50. The first kappa shape index (κ1) is 16.3. The van der Waals surface area contributed by atoms with E-state index >= 15 is 0 Å². The van der Waals surface area contributed by atoms with Gasteiger partial charge < -0.3 is 15.7 Å². The molecule has 6 nitrogen and oxygen atoms in total. The molecule has 136 valence electrons. The van der Waals surface area contributed by atoms with Crippen LogP contribution >= 0.6 is 0 Å². The van der Waals surface area contributed by atoms with Gasteiger partial charge in [0.05, 0.1) is 22.2 Å². The number of nitrogens with one attached hydrogen (secondary N) is 2. The van der Waals surface area contributed by atoms with Crippen LogP contribution in [0.25, 0.3) is 33.3 Å². The fourth-order valence-corrected chi connectivity index (χ4v) is 3.50. The van der Waals surface area contributed by atoms with E-state index in [9.17, 15) is 4.79 Å². The van der Waals surface area contributed by atoms with Crippen molar-refractivity contribution < 1.29 is 0 Å². The minimum Gasteiger partial charge on any atom is -0.397 e. The van der Waals surface area contributed by atoms with Gasteiger partial charge in [0.1, 0.15) is 11.4 Å². The number of nitrogen functional groups attached to an aromatic ring is 1. The molecule has 4 N–H and O–H groups in total. The van der Waals surface area contributed by atoms with Gasteiger partial charge in [0.2, 0.25) is 0 Å². The molecule has 0 bridgehead atoms. The normalized spacial score (nSPS) is 11.3. The summed E-state index contributed by atoms with van der Waals surface area (Å²) in [6, 6.07) is 19.4. The molecule has 0 amide bonds. The topological polar surface area (TPSA) is 100 Å². The lowest BCUT2D eigenvalue weighted by atomic mass is 10.1. The quantitative estimate of drug-likeness (QED) is 0.453. The minimum atomic E-state index is -0.260. The zero-order valence-corrected chi connectivity index (χ0v) is 14.9. The molecule has 0 atom stereocenters. The minimum absolute atomic E-state index is 0.260. The average Bonchev–Trinajstić information content (AvgIpc) is 3.11. The Morgan fingerprint density at radius 3 is 2.64 bits per heavy atom. The second kappa shape index (κ2) is 6.35. The molecule has 0 saturated carbocycles. The molecule has 0 fully saturated rings. The predicted octanol–water partition coefficient (Wildman–Crippen LogP) is 3.64. The first-order valence-electron chi connectivity index (χ1n) is 8.98. The number of hydrogen-bond donors (Lipinski definition) is 3. The van der Waals surface area contributed by atoms with Gasteiger partial charge in [0, 0.05) is 23.7 Å². The number of imidazole rings is 1. The highest BCUT2D eigenvalue weighted by Crippen LogP contribution is 2.28. The molecule has 2 aromatic carbocycles. The van der Waals surface area contributed by atoms with Crippen LogP contribution in [0.2, 0.25) is 0 Å². The number of nitrogens with zero attached hydrogens (tertiary/aromatic N) is 2. The first-order valence-corrected chi connectivity index (χ1v) is 8.98. The summed E-state index contributed by atoms with van der Waals surface area (Å²) in [5.74, 6) is 0.467. The number of para-hydroxylation sites is 1. The highest BCUT2D eigenvalue weighted by atomic mass is 16.1. The average molecular weight is 367 g/mol. The van der Waals surface area contributed by atoms with E-state index in [1.165, 1.54) is 0 Å². The lowest BCUT2D eigenvalue weighted by molar-refractivity contribution is 1.08. The second-order valence-electron chi connectivity index (χ2n) is 6.72. The van der Waals surface area contributed by atoms with E-state index in [4.69, 9.17) is 5.73 Å². The number of fused-ring (bicyclic) bond motifs is 2. The van der Waals surface area contributed by atoms with Gasteiger partial charge in [-0.3, -0.25) is 9.78 Å². The van der Waals surface area contributed by atoms with Crippen molar-refractivity contribution >= 4 is 27.6 Å². The first-order chi connectivity index (χ1) is 13.7. The van der Waals surface area contributed by atoms with Crippen LogP contribution in [0, 0.1) is 0 Å². The van der Waals surface area contributed by atoms with Gasteiger partial charge in [-0.25, -0.2) is 4.98 Å². The van der Waals surface area contributed by atoms with Crippen LogP contribution in [0.3, 0.4) is 0 Å². The Kier molecular flexibility index (Phi) is 3.69. The van der Waals surface area contributed by atoms with Gasteiger partial charge in [-0.2, -0.15) is 0 Å². The van der Waals surface area contributed by atoms with Crippen LogP contribution < -0.4 is 11.3 Å². The number of H-pyrrole nitrogens is 2. The summed E-state index contributed by atoms with van der Waals surface area (Å²) in [7, 11) is 0. The zero-order valence-electron chi connectivity index (χ0n) is 14.9. The molecule has 0 aliphatic carbocycles. The number of anilines is 1. The van der Waals surface area contributed by atoms with Gasteiger partial charge in [0.25, 0.3) is 5.56 Å². The summed E-state index contributed by atoms with van der Waals surface area (Å²) in [5, 5.41) is 0.799. The van der Waals surface area contributed by atoms with Crippen LogP contribution in [0.5, 0.6) is 0 Å². The standard InChI is InChI=1S/C22H17N5O/c23-20-15-6-1-2-7-16(15)27-22(28)19(20)21-25-17-9-8-13(12-18(17)26-21)11-14-5-3-4-10-24-14/h1-10,12H,11H2,(H,25,26)(H3,23,27,28). The van der Waals surface area contributed by atoms with E-state index in [1.54, 1.807) is 6.20 Å². The molecule has 3 aromatic heterocycles. The van der Waals surface area contributed by atoms with E-state index in [0.717, 1.165) is 34.1 Å². The maximum absolute atomic E-state index is 12.6. The van der Waals surface area contributed by atoms with E-state index in [2.05, 4.69) is 19.9 Å². The van der Waals surface area contributed by atoms with Crippen molar-refractivity contribution in [3.05, 3.63) is 88.5 Å². The van der Waals surface area contributed by atoms with Crippen LogP contribution in [0.4, 0.5) is 5.69 Å². The Balaban J connectivity index is 1.61. The zero-order chi connectivity index (χ0) is 19.1. The van der Waals surface area contributed by atoms with Crippen LogP contribution in [0.15, 0.2) is 71.7 Å². The third-order valence-electron chi connectivity index (χ3n) is 4.86. The van der Waals surface area contributed by atoms with Crippen LogP contribution in [-0.4, -0.2) is 19.9 Å². The fraction of sp³-hybridized carbons (Fsp3) is 0.0455. The molecular weight excluding hydrogens is 350 g/mol. The van der Waals surface area contributed by atoms with E-state index in [-0.39, 0.29) is 5.56 Å². The van der Waals surface area contributed by atoms with Crippen molar-refractivity contribution in [1.82, 2.24) is 19.9 Å². The molecule has 0 radical (unpaired) electrons. The van der Waals surface area contributed by atoms with Crippen molar-refractivity contribution in [3.8, 4) is 11.4 Å². The van der Waals surface area contributed by atoms with Gasteiger partial charge in [-0.15, -0.1) is 0 Å². The number of pyridine rings is 2. The van der Waals surface area contributed by atoms with Crippen molar-refractivity contribution in [2.24, 2.45) is 0 Å². The maximum Gasteiger partial charge on any atom is 0.261 e. The monoisotopic (exact) mass is 367 g/mol. The van der Waals surface area contributed by atoms with Crippen molar-refractivity contribution in [2.75, 3.05) is 5.73 Å². The SMILES string of the molecule is Nc1c(-c2nc3ccc(Cc4ccccn4)cc3[nH]2)c(=O)[nH]c2ccccc12. The number of rotatable bonds is 3. The Bertz CT molecular complexity index is 1370. The van der Waals surface area contributed by atoms with Gasteiger partial charge in [-0.05, 0) is 35.9 Å². The molecule has 0 unspecified atom stereocenters. The summed E-state index contributed by atoms with van der Waals surface area (Å²) in [6.07, 6.45) is 2.51. The van der Waals surface area contributed by atoms with Crippen molar-refractivity contribution in [3.63, 3.8) is 0 Å². The molecule has 3 heterocycles. The predicted molar refractivity (Wildman–Crippen MR) is 111 cm³/mol. The molecule has 5 aromatic rings. The summed E-state index contributed by atoms with van der Waals surface area (Å²) in [5.41, 5.74) is 11.3. The largest absolute Gasteiger partial charge is 0.397 e. The summed E-state index contributed by atoms with van der Waals surface area (Å²) in [6.45, 7) is 0. The molecule has 0 aliphatic rings. The van der Waals surface area contributed by atoms with Crippen LogP contribution in [-0.2, 0) is 6.42 Å².